The van der Waals surface area contributed by atoms with Gasteiger partial charge in [-0.25, -0.2) is 0 Å². The van der Waals surface area contributed by atoms with Crippen molar-refractivity contribution >= 4 is 11.9 Å². The number of allylic oxidation sites excluding steroid dienone is 2. The summed E-state index contributed by atoms with van der Waals surface area (Å²) in [4.78, 5) is 23.9. The van der Waals surface area contributed by atoms with E-state index in [-0.39, 0.29) is 12.5 Å². The normalized spacial score (nSPS) is 10.9. The van der Waals surface area contributed by atoms with E-state index in [1.54, 1.807) is 7.05 Å². The number of nitrogens with zero attached hydrogens (tertiary/aromatic N) is 1. The molecule has 5 heteroatoms. The summed E-state index contributed by atoms with van der Waals surface area (Å²) in [7, 11) is 1.60. The molecule has 5 nitrogen and oxygen atoms in total. The standard InChI is InChI=1S/C23H42N2O3/c1-4-5-6-7-8-9-10-11-12-13-14-15-16-17-18-19-22(26)24-21(2)25(3)20-23(27)28/h11-12H,2,4-10,13-20H2,1,3H3,(H,24,26)(H,27,28)/b12-11-. The van der Waals surface area contributed by atoms with Gasteiger partial charge in [0.05, 0.1) is 0 Å². The van der Waals surface area contributed by atoms with Gasteiger partial charge in [-0.05, 0) is 32.1 Å². The molecule has 2 N–H and O–H groups in total. The van der Waals surface area contributed by atoms with E-state index in [2.05, 4.69) is 31.0 Å². The Bertz CT molecular complexity index is 461. The monoisotopic (exact) mass is 394 g/mol. The van der Waals surface area contributed by atoms with E-state index in [1.165, 1.54) is 62.7 Å². The third kappa shape index (κ3) is 17.6. The SMILES string of the molecule is C=C(NC(=O)CCCCCCC/C=C\CCCCCCCC)N(C)CC(=O)O. The second kappa shape index (κ2) is 18.6. The Morgan fingerprint density at radius 1 is 0.893 bits per heavy atom. The number of likely N-dealkylation sites (N-methyl/N-ethyl adjacent to an activating group) is 1. The fraction of sp³-hybridized carbons (Fsp3) is 0.739. The quantitative estimate of drug-likeness (QED) is 0.220. The fourth-order valence-electron chi connectivity index (χ4n) is 2.97. The molecule has 0 aliphatic carbocycles. The van der Waals surface area contributed by atoms with Gasteiger partial charge in [0.1, 0.15) is 12.4 Å². The van der Waals surface area contributed by atoms with Gasteiger partial charge < -0.3 is 15.3 Å². The second-order valence-electron chi connectivity index (χ2n) is 7.58. The van der Waals surface area contributed by atoms with E-state index in [0.717, 1.165) is 25.7 Å². The van der Waals surface area contributed by atoms with Crippen LogP contribution in [0.2, 0.25) is 0 Å². The molecule has 0 aliphatic rings. The lowest BCUT2D eigenvalue weighted by molar-refractivity contribution is -0.137. The third-order valence-electron chi connectivity index (χ3n) is 4.78. The molecule has 0 saturated heterocycles. The lowest BCUT2D eigenvalue weighted by atomic mass is 10.1. The van der Waals surface area contributed by atoms with E-state index < -0.39 is 5.97 Å². The smallest absolute Gasteiger partial charge is 0.323 e. The van der Waals surface area contributed by atoms with Gasteiger partial charge >= 0.3 is 5.97 Å². The molecule has 1 amide bonds. The van der Waals surface area contributed by atoms with E-state index in [1.807, 2.05) is 0 Å². The molecule has 0 atom stereocenters. The summed E-state index contributed by atoms with van der Waals surface area (Å²) >= 11 is 0. The van der Waals surface area contributed by atoms with Crippen LogP contribution >= 0.6 is 0 Å². The highest BCUT2D eigenvalue weighted by Gasteiger charge is 2.09. The molecule has 0 spiro atoms. The van der Waals surface area contributed by atoms with E-state index >= 15 is 0 Å². The van der Waals surface area contributed by atoms with Gasteiger partial charge in [-0.2, -0.15) is 0 Å². The Labute approximate surface area is 172 Å². The minimum absolute atomic E-state index is 0.0973. The molecule has 0 fully saturated rings. The Kier molecular flexibility index (Phi) is 17.4. The van der Waals surface area contributed by atoms with Crippen molar-refractivity contribution in [3.8, 4) is 0 Å². The average molecular weight is 395 g/mol. The molecule has 0 rings (SSSR count). The molecular weight excluding hydrogens is 352 g/mol. The zero-order valence-corrected chi connectivity index (χ0v) is 18.2. The molecule has 0 aromatic heterocycles. The molecule has 0 unspecified atom stereocenters. The van der Waals surface area contributed by atoms with Crippen molar-refractivity contribution in [1.82, 2.24) is 10.2 Å². The molecule has 0 aliphatic heterocycles. The minimum Gasteiger partial charge on any atom is -0.480 e. The lowest BCUT2D eigenvalue weighted by Crippen LogP contribution is -2.35. The molecule has 0 bridgehead atoms. The summed E-state index contributed by atoms with van der Waals surface area (Å²) in [6.45, 7) is 5.77. The van der Waals surface area contributed by atoms with E-state index in [9.17, 15) is 9.59 Å². The first kappa shape index (κ1) is 26.2. The second-order valence-corrected chi connectivity index (χ2v) is 7.58. The van der Waals surface area contributed by atoms with E-state index in [4.69, 9.17) is 5.11 Å². The zero-order valence-electron chi connectivity index (χ0n) is 18.2. The number of amides is 1. The Hall–Kier alpha value is -1.78. The van der Waals surface area contributed by atoms with Crippen molar-refractivity contribution in [2.24, 2.45) is 0 Å². The lowest BCUT2D eigenvalue weighted by Gasteiger charge is -2.19. The average Bonchev–Trinajstić information content (AvgIpc) is 2.64. The number of unbranched alkanes of at least 4 members (excludes halogenated alkanes) is 11. The van der Waals surface area contributed by atoms with Crippen molar-refractivity contribution in [3.05, 3.63) is 24.6 Å². The van der Waals surface area contributed by atoms with Crippen molar-refractivity contribution in [3.63, 3.8) is 0 Å². The summed E-state index contributed by atoms with van der Waals surface area (Å²) in [5.74, 6) is -0.713. The van der Waals surface area contributed by atoms with Crippen LogP contribution in [0.5, 0.6) is 0 Å². The van der Waals surface area contributed by atoms with Crippen LogP contribution in [0.15, 0.2) is 24.6 Å². The predicted octanol–water partition coefficient (Wildman–Crippen LogP) is 5.63. The number of rotatable bonds is 19. The van der Waals surface area contributed by atoms with Crippen molar-refractivity contribution in [1.29, 1.82) is 0 Å². The largest absolute Gasteiger partial charge is 0.480 e. The first-order chi connectivity index (χ1) is 13.5. The van der Waals surface area contributed by atoms with Crippen LogP contribution in [-0.2, 0) is 9.59 Å². The highest BCUT2D eigenvalue weighted by molar-refractivity contribution is 5.77. The maximum absolute atomic E-state index is 11.8. The molecule has 0 heterocycles. The zero-order chi connectivity index (χ0) is 21.0. The highest BCUT2D eigenvalue weighted by atomic mass is 16.4. The first-order valence-electron chi connectivity index (χ1n) is 11.0. The van der Waals surface area contributed by atoms with E-state index in [0.29, 0.717) is 12.2 Å². The molecular formula is C23H42N2O3. The van der Waals surface area contributed by atoms with Gasteiger partial charge in [-0.15, -0.1) is 0 Å². The highest BCUT2D eigenvalue weighted by Crippen LogP contribution is 2.10. The minimum atomic E-state index is -0.949. The summed E-state index contributed by atoms with van der Waals surface area (Å²) in [5, 5.41) is 11.4. The van der Waals surface area contributed by atoms with Crippen LogP contribution in [0.25, 0.3) is 0 Å². The number of carboxylic acids is 1. The van der Waals surface area contributed by atoms with Crippen molar-refractivity contribution in [2.75, 3.05) is 13.6 Å². The molecule has 0 aromatic rings. The number of carbonyl (C=O) groups excluding carboxylic acids is 1. The Morgan fingerprint density at radius 2 is 1.39 bits per heavy atom. The van der Waals surface area contributed by atoms with Crippen LogP contribution < -0.4 is 5.32 Å². The fourth-order valence-corrected chi connectivity index (χ4v) is 2.97. The first-order valence-corrected chi connectivity index (χ1v) is 11.0. The maximum atomic E-state index is 11.8. The van der Waals surface area contributed by atoms with Gasteiger partial charge in [0.25, 0.3) is 0 Å². The summed E-state index contributed by atoms with van der Waals surface area (Å²) < 4.78 is 0. The molecule has 0 aromatic carbocycles. The topological polar surface area (TPSA) is 69.6 Å². The van der Waals surface area contributed by atoms with Gasteiger partial charge in [-0.3, -0.25) is 9.59 Å². The number of nitrogens with one attached hydrogen (secondary N) is 1. The summed E-state index contributed by atoms with van der Waals surface area (Å²) in [5.41, 5.74) is 0. The van der Waals surface area contributed by atoms with Gasteiger partial charge in [-0.1, -0.05) is 77.0 Å². The number of hydrogen-bond acceptors (Lipinski definition) is 3. The Balaban J connectivity index is 3.45. The maximum Gasteiger partial charge on any atom is 0.323 e. The van der Waals surface area contributed by atoms with Crippen LogP contribution in [0.1, 0.15) is 96.8 Å². The number of carboxylic acid groups (broad SMARTS) is 1. The number of carbonyl (C=O) groups is 2. The third-order valence-corrected chi connectivity index (χ3v) is 4.78. The van der Waals surface area contributed by atoms with Gasteiger partial charge in [0.15, 0.2) is 0 Å². The predicted molar refractivity (Wildman–Crippen MR) is 117 cm³/mol. The van der Waals surface area contributed by atoms with Crippen molar-refractivity contribution < 1.29 is 14.7 Å². The van der Waals surface area contributed by atoms with Crippen LogP contribution in [0, 0.1) is 0 Å². The molecule has 28 heavy (non-hydrogen) atoms. The van der Waals surface area contributed by atoms with Gasteiger partial charge in [0.2, 0.25) is 5.91 Å². The molecule has 0 saturated carbocycles. The molecule has 162 valence electrons. The number of hydrogen-bond donors (Lipinski definition) is 2. The Morgan fingerprint density at radius 3 is 1.93 bits per heavy atom. The van der Waals surface area contributed by atoms with Gasteiger partial charge in [0, 0.05) is 13.5 Å². The summed E-state index contributed by atoms with van der Waals surface area (Å²) in [6, 6.07) is 0. The summed E-state index contributed by atoms with van der Waals surface area (Å²) in [6.07, 6.45) is 21.1. The molecule has 0 radical (unpaired) electrons. The van der Waals surface area contributed by atoms with Crippen molar-refractivity contribution in [2.45, 2.75) is 96.8 Å². The van der Waals surface area contributed by atoms with Crippen LogP contribution in [-0.4, -0.2) is 35.5 Å². The van der Waals surface area contributed by atoms with Crippen LogP contribution in [0.3, 0.4) is 0 Å². The van der Waals surface area contributed by atoms with Crippen LogP contribution in [0.4, 0.5) is 0 Å². The number of aliphatic carboxylic acids is 1.